The summed E-state index contributed by atoms with van der Waals surface area (Å²) in [6, 6.07) is 13.0. The van der Waals surface area contributed by atoms with Gasteiger partial charge in [-0.2, -0.15) is 0 Å². The summed E-state index contributed by atoms with van der Waals surface area (Å²) in [6.07, 6.45) is 6.46. The average molecular weight is 429 g/mol. The van der Waals surface area contributed by atoms with E-state index in [1.54, 1.807) is 18.2 Å². The first kappa shape index (κ1) is 21.2. The minimum absolute atomic E-state index is 0.245. The number of carbonyl (C=O) groups excluding carboxylic acids is 2. The first-order chi connectivity index (χ1) is 15.3. The Morgan fingerprint density at radius 2 is 2.00 bits per heavy atom. The smallest absolute Gasteiger partial charge is 0.423 e. The van der Waals surface area contributed by atoms with Crippen molar-refractivity contribution in [2.45, 2.75) is 44.9 Å². The first-order valence-electron chi connectivity index (χ1n) is 11.4. The van der Waals surface area contributed by atoms with Gasteiger partial charge in [0.15, 0.2) is 5.78 Å². The Morgan fingerprint density at radius 1 is 1.19 bits per heavy atom. The number of carbonyl (C=O) groups is 2. The molecule has 0 heterocycles. The highest BCUT2D eigenvalue weighted by molar-refractivity contribution is 6.58. The maximum absolute atomic E-state index is 13.5. The first-order valence-corrected chi connectivity index (χ1v) is 11.4. The second-order valence-electron chi connectivity index (χ2n) is 9.90. The van der Waals surface area contributed by atoms with Crippen LogP contribution in [-0.2, 0) is 11.2 Å². The highest BCUT2D eigenvalue weighted by atomic mass is 16.4. The molecule has 1 amide bonds. The van der Waals surface area contributed by atoms with E-state index in [1.165, 1.54) is 11.1 Å². The topological polar surface area (TPSA) is 101 Å². The summed E-state index contributed by atoms with van der Waals surface area (Å²) in [5.74, 6) is 0.930. The van der Waals surface area contributed by atoms with E-state index in [2.05, 4.69) is 13.0 Å². The molecule has 2 aromatic rings. The lowest BCUT2D eigenvalue weighted by Crippen LogP contribution is -2.43. The largest absolute Gasteiger partial charge is 0.488 e. The van der Waals surface area contributed by atoms with Crippen LogP contribution in [0, 0.1) is 17.3 Å². The third kappa shape index (κ3) is 3.33. The van der Waals surface area contributed by atoms with E-state index in [4.69, 9.17) is 5.73 Å². The van der Waals surface area contributed by atoms with Crippen LogP contribution in [0.15, 0.2) is 48.0 Å². The van der Waals surface area contributed by atoms with Gasteiger partial charge in [-0.15, -0.1) is 0 Å². The van der Waals surface area contributed by atoms with Crippen LogP contribution in [0.5, 0.6) is 0 Å². The van der Waals surface area contributed by atoms with Gasteiger partial charge in [0.2, 0.25) is 5.91 Å². The second kappa shape index (κ2) is 7.71. The minimum atomic E-state index is -1.44. The van der Waals surface area contributed by atoms with E-state index in [0.717, 1.165) is 43.2 Å². The molecule has 3 aliphatic carbocycles. The number of fused-ring (bicyclic) bond motifs is 5. The Kier molecular flexibility index (Phi) is 5.10. The van der Waals surface area contributed by atoms with Crippen molar-refractivity contribution in [2.75, 3.05) is 0 Å². The molecule has 0 saturated heterocycles. The van der Waals surface area contributed by atoms with Gasteiger partial charge in [-0.3, -0.25) is 9.59 Å². The third-order valence-corrected chi connectivity index (χ3v) is 8.20. The highest BCUT2D eigenvalue weighted by Gasteiger charge is 2.56. The summed E-state index contributed by atoms with van der Waals surface area (Å²) in [6.45, 7) is 2.14. The van der Waals surface area contributed by atoms with Gasteiger partial charge in [-0.05, 0) is 95.8 Å². The van der Waals surface area contributed by atoms with Crippen LogP contribution in [0.3, 0.4) is 0 Å². The molecule has 0 aromatic heterocycles. The molecule has 0 radical (unpaired) electrons. The molecule has 5 nitrogen and oxygen atoms in total. The standard InChI is InChI=1S/C26H28BNO4/c1-26-10-9-21-20-8-6-19(27(31)32)13-16(20)5-7-22(21)23(26)14-18(24(26)29)12-15-3-2-4-17(11-15)25(28)30/h2-4,6,8,11-13,21-23,31-32H,5,7,9-10,14H2,1H3,(H2,28,30)/b18-12+. The van der Waals surface area contributed by atoms with Crippen molar-refractivity contribution >= 4 is 30.3 Å². The Hall–Kier alpha value is -2.70. The van der Waals surface area contributed by atoms with Crippen LogP contribution in [0.1, 0.15) is 65.6 Å². The molecular formula is C26H28BNO4. The average Bonchev–Trinajstić information content (AvgIpc) is 3.03. The van der Waals surface area contributed by atoms with Crippen molar-refractivity contribution in [3.05, 3.63) is 70.3 Å². The molecule has 4 N–H and O–H groups in total. The zero-order valence-electron chi connectivity index (χ0n) is 18.3. The number of rotatable bonds is 3. The van der Waals surface area contributed by atoms with Crippen molar-refractivity contribution < 1.29 is 19.6 Å². The van der Waals surface area contributed by atoms with Crippen LogP contribution in [0.4, 0.5) is 0 Å². The fraction of sp³-hybridized carbons (Fsp3) is 0.385. The molecule has 164 valence electrons. The number of primary amides is 1. The van der Waals surface area contributed by atoms with E-state index in [0.29, 0.717) is 28.8 Å². The zero-order chi connectivity index (χ0) is 22.6. The second-order valence-corrected chi connectivity index (χ2v) is 9.90. The number of hydrogen-bond donors (Lipinski definition) is 3. The number of nitrogens with two attached hydrogens (primary N) is 1. The molecule has 0 aliphatic heterocycles. The lowest BCUT2D eigenvalue weighted by atomic mass is 9.55. The molecular weight excluding hydrogens is 401 g/mol. The number of benzene rings is 2. The summed E-state index contributed by atoms with van der Waals surface area (Å²) in [5.41, 5.74) is 10.3. The summed E-state index contributed by atoms with van der Waals surface area (Å²) >= 11 is 0. The fourth-order valence-electron chi connectivity index (χ4n) is 6.55. The maximum Gasteiger partial charge on any atom is 0.488 e. The molecule has 2 fully saturated rings. The molecule has 2 saturated carbocycles. The minimum Gasteiger partial charge on any atom is -0.423 e. The van der Waals surface area contributed by atoms with Crippen LogP contribution in [0.25, 0.3) is 6.08 Å². The van der Waals surface area contributed by atoms with Crippen molar-refractivity contribution in [3.63, 3.8) is 0 Å². The molecule has 0 spiro atoms. The normalized spacial score (nSPS) is 29.9. The van der Waals surface area contributed by atoms with E-state index in [1.807, 2.05) is 24.3 Å². The highest BCUT2D eigenvalue weighted by Crippen LogP contribution is 2.60. The predicted octanol–water partition coefficient (Wildman–Crippen LogP) is 2.58. The number of amides is 1. The molecule has 2 aromatic carbocycles. The Morgan fingerprint density at radius 3 is 2.75 bits per heavy atom. The molecule has 3 aliphatic rings. The van der Waals surface area contributed by atoms with E-state index in [-0.39, 0.29) is 11.2 Å². The van der Waals surface area contributed by atoms with Gasteiger partial charge in [-0.25, -0.2) is 0 Å². The summed E-state index contributed by atoms with van der Waals surface area (Å²) < 4.78 is 0. The molecule has 4 atom stereocenters. The number of allylic oxidation sites excluding steroid dienone is 1. The fourth-order valence-corrected chi connectivity index (χ4v) is 6.55. The quantitative estimate of drug-likeness (QED) is 0.516. The van der Waals surface area contributed by atoms with E-state index < -0.39 is 13.0 Å². The van der Waals surface area contributed by atoms with Gasteiger partial charge in [0.05, 0.1) is 0 Å². The van der Waals surface area contributed by atoms with Crippen LogP contribution >= 0.6 is 0 Å². The maximum atomic E-state index is 13.5. The van der Waals surface area contributed by atoms with E-state index in [9.17, 15) is 19.6 Å². The van der Waals surface area contributed by atoms with Crippen LogP contribution < -0.4 is 11.2 Å². The Balaban J connectivity index is 1.46. The van der Waals surface area contributed by atoms with Crippen molar-refractivity contribution in [1.29, 1.82) is 0 Å². The van der Waals surface area contributed by atoms with Gasteiger partial charge < -0.3 is 15.8 Å². The van der Waals surface area contributed by atoms with Crippen molar-refractivity contribution in [3.8, 4) is 0 Å². The summed E-state index contributed by atoms with van der Waals surface area (Å²) in [4.78, 5) is 25.0. The van der Waals surface area contributed by atoms with Crippen molar-refractivity contribution in [1.82, 2.24) is 0 Å². The summed E-state index contributed by atoms with van der Waals surface area (Å²) in [7, 11) is -1.44. The van der Waals surface area contributed by atoms with Crippen molar-refractivity contribution in [2.24, 2.45) is 23.0 Å². The molecule has 32 heavy (non-hydrogen) atoms. The lowest BCUT2D eigenvalue weighted by molar-refractivity contribution is -0.127. The monoisotopic (exact) mass is 429 g/mol. The number of Topliss-reactive ketones (excluding diaryl/α,β-unsaturated/α-hetero) is 1. The number of aryl methyl sites for hydroxylation is 1. The van der Waals surface area contributed by atoms with Gasteiger partial charge in [-0.1, -0.05) is 37.3 Å². The number of ketones is 1. The zero-order valence-corrected chi connectivity index (χ0v) is 18.3. The Bertz CT molecular complexity index is 1140. The van der Waals surface area contributed by atoms with Crippen LogP contribution in [0.2, 0.25) is 0 Å². The summed E-state index contributed by atoms with van der Waals surface area (Å²) in [5, 5.41) is 19.1. The van der Waals surface area contributed by atoms with Gasteiger partial charge >= 0.3 is 7.12 Å². The predicted molar refractivity (Wildman–Crippen MR) is 124 cm³/mol. The lowest BCUT2D eigenvalue weighted by Gasteiger charge is -2.48. The van der Waals surface area contributed by atoms with Gasteiger partial charge in [0, 0.05) is 11.0 Å². The van der Waals surface area contributed by atoms with E-state index >= 15 is 0 Å². The SMILES string of the molecule is CC12CCC3c4ccc(B(O)O)cc4CCC3C1C/C(=C\c1cccc(C(N)=O)c1)C2=O. The molecule has 5 rings (SSSR count). The van der Waals surface area contributed by atoms with Gasteiger partial charge in [0.1, 0.15) is 0 Å². The third-order valence-electron chi connectivity index (χ3n) is 8.20. The molecule has 0 bridgehead atoms. The van der Waals surface area contributed by atoms with Gasteiger partial charge in [0.25, 0.3) is 0 Å². The van der Waals surface area contributed by atoms with Crippen LogP contribution in [-0.4, -0.2) is 28.9 Å². The molecule has 4 unspecified atom stereocenters. The molecule has 6 heteroatoms. The Labute approximate surface area is 188 Å². The number of hydrogen-bond acceptors (Lipinski definition) is 4.